The first-order valence-electron chi connectivity index (χ1n) is 7.89. The van der Waals surface area contributed by atoms with Gasteiger partial charge in [-0.25, -0.2) is 0 Å². The minimum atomic E-state index is -0.393. The molecule has 0 unspecified atom stereocenters. The lowest BCUT2D eigenvalue weighted by Gasteiger charge is -2.17. The molecule has 0 saturated heterocycles. The van der Waals surface area contributed by atoms with Crippen LogP contribution in [0.2, 0.25) is 0 Å². The van der Waals surface area contributed by atoms with Gasteiger partial charge in [-0.15, -0.1) is 0 Å². The van der Waals surface area contributed by atoms with Crippen molar-refractivity contribution in [1.29, 1.82) is 0 Å². The van der Waals surface area contributed by atoms with Crippen molar-refractivity contribution in [1.82, 2.24) is 10.1 Å². The Morgan fingerprint density at radius 2 is 2.05 bits per heavy atom. The van der Waals surface area contributed by atoms with Crippen molar-refractivity contribution in [2.24, 2.45) is 5.73 Å². The van der Waals surface area contributed by atoms with E-state index >= 15 is 0 Å². The predicted octanol–water partition coefficient (Wildman–Crippen LogP) is 3.04. The molecule has 22 heavy (non-hydrogen) atoms. The van der Waals surface area contributed by atoms with Gasteiger partial charge in [0, 0.05) is 0 Å². The van der Waals surface area contributed by atoms with Crippen LogP contribution in [0.25, 0.3) is 0 Å². The van der Waals surface area contributed by atoms with Gasteiger partial charge in [0.25, 0.3) is 0 Å². The maximum absolute atomic E-state index is 6.33. The van der Waals surface area contributed by atoms with Crippen molar-refractivity contribution < 1.29 is 9.26 Å². The van der Waals surface area contributed by atoms with Gasteiger partial charge in [0.15, 0.2) is 5.82 Å². The zero-order valence-electron chi connectivity index (χ0n) is 13.3. The van der Waals surface area contributed by atoms with Gasteiger partial charge in [0.1, 0.15) is 5.75 Å². The quantitative estimate of drug-likeness (QED) is 0.918. The monoisotopic (exact) mass is 301 g/mol. The average Bonchev–Trinajstić information content (AvgIpc) is 3.14. The number of nitrogens with zero attached hydrogens (tertiary/aromatic N) is 2. The van der Waals surface area contributed by atoms with Gasteiger partial charge in [-0.2, -0.15) is 4.98 Å². The molecular weight excluding hydrogens is 278 g/mol. The molecule has 0 spiro atoms. The molecule has 0 bridgehead atoms. The molecule has 1 heterocycles. The summed E-state index contributed by atoms with van der Waals surface area (Å²) in [6, 6.07) is 6.06. The van der Waals surface area contributed by atoms with Crippen LogP contribution in [0.5, 0.6) is 5.75 Å². The Kier molecular flexibility index (Phi) is 4.16. The Labute approximate surface area is 130 Å². The van der Waals surface area contributed by atoms with E-state index in [9.17, 15) is 0 Å². The summed E-state index contributed by atoms with van der Waals surface area (Å²) in [5.74, 6) is 2.15. The van der Waals surface area contributed by atoms with Crippen molar-refractivity contribution in [3.8, 4) is 5.75 Å². The number of aryl methyl sites for hydroxylation is 1. The lowest BCUT2D eigenvalue weighted by atomic mass is 9.99. The van der Waals surface area contributed by atoms with Crippen molar-refractivity contribution in [2.75, 3.05) is 6.61 Å². The lowest BCUT2D eigenvalue weighted by Crippen LogP contribution is -2.34. The summed E-state index contributed by atoms with van der Waals surface area (Å²) in [5, 5.41) is 4.06. The summed E-state index contributed by atoms with van der Waals surface area (Å²) >= 11 is 0. The van der Waals surface area contributed by atoms with Gasteiger partial charge < -0.3 is 15.0 Å². The maximum Gasteiger partial charge on any atom is 0.230 e. The molecule has 0 aliphatic heterocycles. The fraction of sp³-hybridized carbons (Fsp3) is 0.529. The Hall–Kier alpha value is -1.88. The van der Waals surface area contributed by atoms with E-state index in [2.05, 4.69) is 30.1 Å². The van der Waals surface area contributed by atoms with Crippen LogP contribution < -0.4 is 10.5 Å². The highest BCUT2D eigenvalue weighted by Gasteiger charge is 2.35. The van der Waals surface area contributed by atoms with Gasteiger partial charge in [-0.05, 0) is 43.9 Å². The Bertz CT molecular complexity index is 645. The van der Waals surface area contributed by atoms with E-state index in [0.29, 0.717) is 24.7 Å². The summed E-state index contributed by atoms with van der Waals surface area (Å²) in [5.41, 5.74) is 8.33. The van der Waals surface area contributed by atoms with E-state index < -0.39 is 5.54 Å². The summed E-state index contributed by atoms with van der Waals surface area (Å²) < 4.78 is 11.1. The fourth-order valence-electron chi connectivity index (χ4n) is 2.92. The smallest absolute Gasteiger partial charge is 0.230 e. The second-order valence-electron chi connectivity index (χ2n) is 6.17. The number of ether oxygens (including phenoxy) is 1. The van der Waals surface area contributed by atoms with Crippen molar-refractivity contribution in [2.45, 2.75) is 51.5 Å². The first kappa shape index (κ1) is 15.0. The van der Waals surface area contributed by atoms with Crippen molar-refractivity contribution >= 4 is 0 Å². The molecule has 0 radical (unpaired) electrons. The number of hydrogen-bond acceptors (Lipinski definition) is 5. The SMILES string of the molecule is Cc1cccc(OCCc2nc(C3(N)CCCC3)no2)c1C. The number of nitrogens with two attached hydrogens (primary N) is 1. The molecule has 2 aromatic rings. The molecule has 1 aliphatic carbocycles. The van der Waals surface area contributed by atoms with Crippen LogP contribution in [0.3, 0.4) is 0 Å². The van der Waals surface area contributed by atoms with Crippen LogP contribution >= 0.6 is 0 Å². The molecule has 0 amide bonds. The first-order chi connectivity index (χ1) is 10.6. The number of hydrogen-bond donors (Lipinski definition) is 1. The molecule has 0 atom stereocenters. The van der Waals surface area contributed by atoms with Gasteiger partial charge in [0.2, 0.25) is 5.89 Å². The highest BCUT2D eigenvalue weighted by Crippen LogP contribution is 2.34. The Morgan fingerprint density at radius 3 is 2.82 bits per heavy atom. The normalized spacial score (nSPS) is 16.9. The molecule has 5 nitrogen and oxygen atoms in total. The van der Waals surface area contributed by atoms with E-state index in [4.69, 9.17) is 15.0 Å². The lowest BCUT2D eigenvalue weighted by molar-refractivity contribution is 0.288. The Balaban J connectivity index is 1.58. The van der Waals surface area contributed by atoms with Crippen LogP contribution in [0.15, 0.2) is 22.7 Å². The van der Waals surface area contributed by atoms with Gasteiger partial charge in [0.05, 0.1) is 18.6 Å². The molecule has 5 heteroatoms. The molecule has 2 N–H and O–H groups in total. The average molecular weight is 301 g/mol. The van der Waals surface area contributed by atoms with Crippen LogP contribution in [0.1, 0.15) is 48.5 Å². The number of benzene rings is 1. The third kappa shape index (κ3) is 2.99. The highest BCUT2D eigenvalue weighted by atomic mass is 16.5. The van der Waals surface area contributed by atoms with E-state index in [1.54, 1.807) is 0 Å². The van der Waals surface area contributed by atoms with Crippen molar-refractivity contribution in [3.05, 3.63) is 41.0 Å². The van der Waals surface area contributed by atoms with Crippen LogP contribution in [0.4, 0.5) is 0 Å². The first-order valence-corrected chi connectivity index (χ1v) is 7.89. The number of rotatable bonds is 5. The second-order valence-corrected chi connectivity index (χ2v) is 6.17. The summed E-state index contributed by atoms with van der Waals surface area (Å²) in [4.78, 5) is 4.45. The summed E-state index contributed by atoms with van der Waals surface area (Å²) in [6.45, 7) is 4.66. The van der Waals surface area contributed by atoms with E-state index in [0.717, 1.165) is 31.4 Å². The molecule has 3 rings (SSSR count). The zero-order chi connectivity index (χ0) is 15.6. The van der Waals surface area contributed by atoms with Gasteiger partial charge in [-0.3, -0.25) is 0 Å². The van der Waals surface area contributed by atoms with Crippen LogP contribution in [0, 0.1) is 13.8 Å². The molecule has 1 aromatic heterocycles. The van der Waals surface area contributed by atoms with Gasteiger partial charge in [-0.1, -0.05) is 30.1 Å². The largest absolute Gasteiger partial charge is 0.493 e. The topological polar surface area (TPSA) is 74.2 Å². The highest BCUT2D eigenvalue weighted by molar-refractivity contribution is 5.38. The minimum absolute atomic E-state index is 0.393. The van der Waals surface area contributed by atoms with Gasteiger partial charge >= 0.3 is 0 Å². The summed E-state index contributed by atoms with van der Waals surface area (Å²) in [6.07, 6.45) is 4.73. The van der Waals surface area contributed by atoms with Crippen molar-refractivity contribution in [3.63, 3.8) is 0 Å². The minimum Gasteiger partial charge on any atom is -0.493 e. The molecule has 1 fully saturated rings. The second kappa shape index (κ2) is 6.08. The molecule has 1 aliphatic rings. The molecule has 1 aromatic carbocycles. The fourth-order valence-corrected chi connectivity index (χ4v) is 2.92. The standard InChI is InChI=1S/C17H23N3O2/c1-12-6-5-7-14(13(12)2)21-11-8-15-19-16(20-22-15)17(18)9-3-4-10-17/h5-7H,3-4,8-11,18H2,1-2H3. The zero-order valence-corrected chi connectivity index (χ0v) is 13.3. The number of aromatic nitrogens is 2. The maximum atomic E-state index is 6.33. The predicted molar refractivity (Wildman–Crippen MR) is 83.7 cm³/mol. The Morgan fingerprint density at radius 1 is 1.27 bits per heavy atom. The molecular formula is C17H23N3O2. The van der Waals surface area contributed by atoms with E-state index in [-0.39, 0.29) is 0 Å². The van der Waals surface area contributed by atoms with Crippen LogP contribution in [-0.2, 0) is 12.0 Å². The van der Waals surface area contributed by atoms with E-state index in [1.807, 2.05) is 12.1 Å². The third-order valence-corrected chi connectivity index (χ3v) is 4.54. The van der Waals surface area contributed by atoms with E-state index in [1.165, 1.54) is 11.1 Å². The third-order valence-electron chi connectivity index (χ3n) is 4.54. The van der Waals surface area contributed by atoms with Crippen LogP contribution in [-0.4, -0.2) is 16.7 Å². The molecule has 118 valence electrons. The summed E-state index contributed by atoms with van der Waals surface area (Å²) in [7, 11) is 0. The molecule has 1 saturated carbocycles.